The number of hydrogen-bond donors (Lipinski definition) is 1. The molecule has 0 radical (unpaired) electrons. The zero-order valence-corrected chi connectivity index (χ0v) is 10.9. The van der Waals surface area contributed by atoms with Crippen LogP contribution in [0.4, 0.5) is 5.69 Å². The van der Waals surface area contributed by atoms with Gasteiger partial charge in [-0.05, 0) is 11.6 Å². The van der Waals surface area contributed by atoms with Gasteiger partial charge in [0.25, 0.3) is 0 Å². The van der Waals surface area contributed by atoms with Gasteiger partial charge >= 0.3 is 0 Å². The van der Waals surface area contributed by atoms with Crippen molar-refractivity contribution in [3.8, 4) is 0 Å². The number of nitrogens with one attached hydrogen (secondary N) is 1. The molecule has 0 aromatic heterocycles. The molecule has 0 aliphatic carbocycles. The van der Waals surface area contributed by atoms with E-state index < -0.39 is 0 Å². The van der Waals surface area contributed by atoms with Crippen molar-refractivity contribution in [1.82, 2.24) is 4.90 Å². The maximum atomic E-state index is 11.1. The summed E-state index contributed by atoms with van der Waals surface area (Å²) in [6.45, 7) is 4.75. The van der Waals surface area contributed by atoms with E-state index in [-0.39, 0.29) is 5.91 Å². The van der Waals surface area contributed by atoms with Gasteiger partial charge in [0.2, 0.25) is 5.91 Å². The van der Waals surface area contributed by atoms with Crippen molar-refractivity contribution in [2.75, 3.05) is 29.9 Å². The topological polar surface area (TPSA) is 32.3 Å². The Balaban J connectivity index is 2.05. The molecule has 1 amide bonds. The number of rotatable bonds is 3. The first kappa shape index (κ1) is 12.5. The Morgan fingerprint density at radius 1 is 1.35 bits per heavy atom. The van der Waals surface area contributed by atoms with Crippen LogP contribution in [0.2, 0.25) is 0 Å². The van der Waals surface area contributed by atoms with Crippen LogP contribution in [0.15, 0.2) is 24.3 Å². The fourth-order valence-corrected chi connectivity index (χ4v) is 2.95. The summed E-state index contributed by atoms with van der Waals surface area (Å²) in [7, 11) is 0. The molecule has 3 nitrogen and oxygen atoms in total. The maximum absolute atomic E-state index is 11.1. The molecule has 1 N–H and O–H groups in total. The lowest BCUT2D eigenvalue weighted by molar-refractivity contribution is -0.114. The molecule has 92 valence electrons. The SMILES string of the molecule is CC(=O)Nc1ccccc1CN1CCSCC1. The summed E-state index contributed by atoms with van der Waals surface area (Å²) in [5.41, 5.74) is 2.15. The predicted molar refractivity (Wildman–Crippen MR) is 73.3 cm³/mol. The van der Waals surface area contributed by atoms with E-state index in [2.05, 4.69) is 16.3 Å². The molecule has 4 heteroatoms. The van der Waals surface area contributed by atoms with Gasteiger partial charge < -0.3 is 5.32 Å². The van der Waals surface area contributed by atoms with Crippen LogP contribution in [-0.4, -0.2) is 35.4 Å². The largest absolute Gasteiger partial charge is 0.326 e. The van der Waals surface area contributed by atoms with Crippen LogP contribution in [-0.2, 0) is 11.3 Å². The highest BCUT2D eigenvalue weighted by molar-refractivity contribution is 7.99. The van der Waals surface area contributed by atoms with Crippen molar-refractivity contribution in [3.05, 3.63) is 29.8 Å². The van der Waals surface area contributed by atoms with Crippen molar-refractivity contribution in [2.24, 2.45) is 0 Å². The minimum absolute atomic E-state index is 0.00773. The van der Waals surface area contributed by atoms with Gasteiger partial charge in [0.15, 0.2) is 0 Å². The molecule has 1 aromatic carbocycles. The first-order valence-electron chi connectivity index (χ1n) is 5.91. The number of hydrogen-bond acceptors (Lipinski definition) is 3. The molecule has 0 unspecified atom stereocenters. The Hall–Kier alpha value is -1.00. The Morgan fingerprint density at radius 3 is 2.76 bits per heavy atom. The van der Waals surface area contributed by atoms with Crippen LogP contribution < -0.4 is 5.32 Å². The molecule has 0 saturated carbocycles. The molecule has 0 bridgehead atoms. The van der Waals surface area contributed by atoms with Crippen molar-refractivity contribution in [1.29, 1.82) is 0 Å². The monoisotopic (exact) mass is 250 g/mol. The Bertz CT molecular complexity index is 389. The number of benzene rings is 1. The fraction of sp³-hybridized carbons (Fsp3) is 0.462. The molecule has 17 heavy (non-hydrogen) atoms. The number of anilines is 1. The van der Waals surface area contributed by atoms with E-state index in [1.54, 1.807) is 6.92 Å². The van der Waals surface area contributed by atoms with Crippen molar-refractivity contribution < 1.29 is 4.79 Å². The molecule has 1 saturated heterocycles. The number of amides is 1. The molecule has 1 aromatic rings. The van der Waals surface area contributed by atoms with E-state index in [0.717, 1.165) is 25.3 Å². The smallest absolute Gasteiger partial charge is 0.221 e. The third-order valence-corrected chi connectivity index (χ3v) is 3.77. The van der Waals surface area contributed by atoms with Gasteiger partial charge in [-0.15, -0.1) is 0 Å². The summed E-state index contributed by atoms with van der Waals surface area (Å²) in [6, 6.07) is 8.04. The lowest BCUT2D eigenvalue weighted by atomic mass is 10.1. The predicted octanol–water partition coefficient (Wildman–Crippen LogP) is 2.19. The number of para-hydroxylation sites is 1. The number of nitrogens with zero attached hydrogens (tertiary/aromatic N) is 1. The van der Waals surface area contributed by atoms with Gasteiger partial charge in [0, 0.05) is 43.8 Å². The van der Waals surface area contributed by atoms with Gasteiger partial charge in [0.1, 0.15) is 0 Å². The standard InChI is InChI=1S/C13H18N2OS/c1-11(16)14-13-5-3-2-4-12(13)10-15-6-8-17-9-7-15/h2-5H,6-10H2,1H3,(H,14,16). The van der Waals surface area contributed by atoms with Crippen LogP contribution in [0.25, 0.3) is 0 Å². The third-order valence-electron chi connectivity index (χ3n) is 2.83. The second-order valence-corrected chi connectivity index (χ2v) is 5.45. The average Bonchev–Trinajstić information content (AvgIpc) is 2.32. The highest BCUT2D eigenvalue weighted by Crippen LogP contribution is 2.19. The van der Waals surface area contributed by atoms with Crippen molar-refractivity contribution in [3.63, 3.8) is 0 Å². The molecule has 1 aliphatic heterocycles. The van der Waals surface area contributed by atoms with Crippen LogP contribution in [0.5, 0.6) is 0 Å². The van der Waals surface area contributed by atoms with Gasteiger partial charge in [-0.1, -0.05) is 18.2 Å². The number of thioether (sulfide) groups is 1. The molecule has 2 rings (SSSR count). The molecule has 1 aliphatic rings. The normalized spacial score (nSPS) is 16.8. The summed E-state index contributed by atoms with van der Waals surface area (Å²) < 4.78 is 0. The summed E-state index contributed by atoms with van der Waals surface area (Å²) in [4.78, 5) is 13.6. The van der Waals surface area contributed by atoms with Crippen LogP contribution >= 0.6 is 11.8 Å². The van der Waals surface area contributed by atoms with Crippen molar-refractivity contribution in [2.45, 2.75) is 13.5 Å². The molecule has 1 heterocycles. The van der Waals surface area contributed by atoms with Gasteiger partial charge in [-0.2, -0.15) is 11.8 Å². The first-order valence-corrected chi connectivity index (χ1v) is 7.07. The molecule has 1 fully saturated rings. The van der Waals surface area contributed by atoms with E-state index in [1.165, 1.54) is 17.1 Å². The quantitative estimate of drug-likeness (QED) is 0.892. The highest BCUT2D eigenvalue weighted by Gasteiger charge is 2.12. The summed E-state index contributed by atoms with van der Waals surface area (Å²) in [5, 5.41) is 2.89. The van der Waals surface area contributed by atoms with Gasteiger partial charge in [-0.25, -0.2) is 0 Å². The number of carbonyl (C=O) groups excluding carboxylic acids is 1. The van der Waals surface area contributed by atoms with Crippen molar-refractivity contribution >= 4 is 23.4 Å². The molecule has 0 atom stereocenters. The zero-order chi connectivity index (χ0) is 12.1. The van der Waals surface area contributed by atoms with Crippen LogP contribution in [0.1, 0.15) is 12.5 Å². The Kier molecular flexibility index (Phi) is 4.45. The third kappa shape index (κ3) is 3.75. The summed E-state index contributed by atoms with van der Waals surface area (Å²) in [6.07, 6.45) is 0. The lowest BCUT2D eigenvalue weighted by Crippen LogP contribution is -2.32. The van der Waals surface area contributed by atoms with E-state index in [9.17, 15) is 4.79 Å². The van der Waals surface area contributed by atoms with E-state index >= 15 is 0 Å². The van der Waals surface area contributed by atoms with Crippen LogP contribution in [0, 0.1) is 0 Å². The second kappa shape index (κ2) is 6.07. The fourth-order valence-electron chi connectivity index (χ4n) is 1.97. The second-order valence-electron chi connectivity index (χ2n) is 4.23. The Morgan fingerprint density at radius 2 is 2.06 bits per heavy atom. The molecule has 0 spiro atoms. The van der Waals surface area contributed by atoms with E-state index in [1.807, 2.05) is 30.0 Å². The highest BCUT2D eigenvalue weighted by atomic mass is 32.2. The van der Waals surface area contributed by atoms with Crippen LogP contribution in [0.3, 0.4) is 0 Å². The average molecular weight is 250 g/mol. The Labute approximate surface area is 107 Å². The maximum Gasteiger partial charge on any atom is 0.221 e. The van der Waals surface area contributed by atoms with Gasteiger partial charge in [-0.3, -0.25) is 9.69 Å². The minimum Gasteiger partial charge on any atom is -0.326 e. The van der Waals surface area contributed by atoms with E-state index in [0.29, 0.717) is 0 Å². The summed E-state index contributed by atoms with van der Waals surface area (Å²) in [5.74, 6) is 2.41. The lowest BCUT2D eigenvalue weighted by Gasteiger charge is -2.27. The first-order chi connectivity index (χ1) is 8.25. The van der Waals surface area contributed by atoms with Gasteiger partial charge in [0.05, 0.1) is 0 Å². The van der Waals surface area contributed by atoms with E-state index in [4.69, 9.17) is 0 Å². The molecular weight excluding hydrogens is 232 g/mol. The number of carbonyl (C=O) groups is 1. The zero-order valence-electron chi connectivity index (χ0n) is 10.1. The minimum atomic E-state index is -0.00773. The summed E-state index contributed by atoms with van der Waals surface area (Å²) >= 11 is 2.01. The molecular formula is C13H18N2OS.